The number of hydrogen-bond acceptors (Lipinski definition) is 12. The van der Waals surface area contributed by atoms with Gasteiger partial charge in [0.1, 0.15) is 25.1 Å². The summed E-state index contributed by atoms with van der Waals surface area (Å²) >= 11 is 1.13. The van der Waals surface area contributed by atoms with E-state index in [4.69, 9.17) is 33.4 Å². The Kier molecular flexibility index (Phi) is 10.4. The van der Waals surface area contributed by atoms with Gasteiger partial charge >= 0.3 is 23.9 Å². The average Bonchev–Trinajstić information content (AvgIpc) is 3.27. The molecule has 42 heavy (non-hydrogen) atoms. The molecule has 12 nitrogen and oxygen atoms in total. The summed E-state index contributed by atoms with van der Waals surface area (Å²) in [6.45, 7) is 5.22. The van der Waals surface area contributed by atoms with E-state index in [2.05, 4.69) is 0 Å². The number of fused-ring (bicyclic) bond motifs is 1. The fourth-order valence-corrected chi connectivity index (χ4v) is 5.74. The third-order valence-electron chi connectivity index (χ3n) is 6.12. The van der Waals surface area contributed by atoms with Crippen molar-refractivity contribution in [2.45, 2.75) is 69.2 Å². The molecule has 5 atom stereocenters. The van der Waals surface area contributed by atoms with Gasteiger partial charge in [-0.3, -0.25) is 19.2 Å². The number of esters is 4. The van der Waals surface area contributed by atoms with Crippen molar-refractivity contribution < 1.29 is 47.6 Å². The standard InChI is InChI=1S/C29H32N2O10S/c1-17(32)37-16-24-25(38-18(2)33)26(39-19(3)34)27(40-20(4)35)28(41-24)42-29-30-22-12-8-9-13-23(22)31(29)14-15-36-21-10-6-5-7-11-21/h5-13,24-28H,14-16H2,1-4H3. The highest BCUT2D eigenvalue weighted by Crippen LogP contribution is 2.38. The van der Waals surface area contributed by atoms with Crippen molar-refractivity contribution in [1.29, 1.82) is 0 Å². The van der Waals surface area contributed by atoms with Gasteiger partial charge in [0, 0.05) is 27.7 Å². The van der Waals surface area contributed by atoms with E-state index in [0.29, 0.717) is 23.8 Å². The average molecular weight is 601 g/mol. The second-order valence-corrected chi connectivity index (χ2v) is 10.4. The van der Waals surface area contributed by atoms with Crippen LogP contribution in [0.25, 0.3) is 11.0 Å². The zero-order valence-corrected chi connectivity index (χ0v) is 24.4. The molecule has 1 aliphatic rings. The van der Waals surface area contributed by atoms with Crippen molar-refractivity contribution in [3.63, 3.8) is 0 Å². The van der Waals surface area contributed by atoms with E-state index >= 15 is 0 Å². The lowest BCUT2D eigenvalue weighted by Crippen LogP contribution is -2.61. The molecule has 3 aromatic rings. The number of ether oxygens (including phenoxy) is 6. The normalized spacial score (nSPS) is 21.8. The van der Waals surface area contributed by atoms with Crippen molar-refractivity contribution in [2.24, 2.45) is 0 Å². The molecule has 0 amide bonds. The number of nitrogens with zero attached hydrogens (tertiary/aromatic N) is 2. The summed E-state index contributed by atoms with van der Waals surface area (Å²) in [7, 11) is 0. The minimum atomic E-state index is -1.26. The second kappa shape index (κ2) is 14.2. The van der Waals surface area contributed by atoms with Crippen LogP contribution in [0.5, 0.6) is 5.75 Å². The monoisotopic (exact) mass is 600 g/mol. The Morgan fingerprint density at radius 2 is 1.43 bits per heavy atom. The van der Waals surface area contributed by atoms with Crippen LogP contribution in [0.1, 0.15) is 27.7 Å². The summed E-state index contributed by atoms with van der Waals surface area (Å²) in [4.78, 5) is 52.8. The van der Waals surface area contributed by atoms with Crippen LogP contribution < -0.4 is 4.74 Å². The fraction of sp³-hybridized carbons (Fsp3) is 0.414. The molecule has 2 heterocycles. The van der Waals surface area contributed by atoms with Crippen LogP contribution in [0.3, 0.4) is 0 Å². The zero-order valence-electron chi connectivity index (χ0n) is 23.6. The molecule has 224 valence electrons. The van der Waals surface area contributed by atoms with Gasteiger partial charge in [-0.25, -0.2) is 4.98 Å². The Labute approximate surface area is 246 Å². The fourth-order valence-electron chi connectivity index (χ4n) is 4.52. The van der Waals surface area contributed by atoms with E-state index in [9.17, 15) is 19.2 Å². The van der Waals surface area contributed by atoms with E-state index in [1.807, 2.05) is 59.2 Å². The van der Waals surface area contributed by atoms with Crippen molar-refractivity contribution in [3.05, 3.63) is 54.6 Å². The van der Waals surface area contributed by atoms with Gasteiger partial charge in [0.15, 0.2) is 28.9 Å². The highest BCUT2D eigenvalue weighted by molar-refractivity contribution is 7.99. The number of benzene rings is 2. The number of para-hydroxylation sites is 3. The number of carbonyl (C=O) groups is 4. The summed E-state index contributed by atoms with van der Waals surface area (Å²) in [5.74, 6) is -1.93. The highest BCUT2D eigenvalue weighted by Gasteiger charge is 2.52. The molecule has 1 saturated heterocycles. The van der Waals surface area contributed by atoms with Gasteiger partial charge in [0.25, 0.3) is 0 Å². The van der Waals surface area contributed by atoms with Crippen LogP contribution in [-0.4, -0.2) is 76.5 Å². The lowest BCUT2D eigenvalue weighted by atomic mass is 9.99. The molecule has 0 saturated carbocycles. The maximum Gasteiger partial charge on any atom is 0.303 e. The molecule has 5 unspecified atom stereocenters. The molecule has 1 aliphatic heterocycles. The Bertz CT molecular complexity index is 1410. The van der Waals surface area contributed by atoms with Crippen molar-refractivity contribution in [1.82, 2.24) is 9.55 Å². The summed E-state index contributed by atoms with van der Waals surface area (Å²) < 4.78 is 35.9. The van der Waals surface area contributed by atoms with Gasteiger partial charge in [-0.15, -0.1) is 0 Å². The Morgan fingerprint density at radius 1 is 0.810 bits per heavy atom. The summed E-state index contributed by atoms with van der Waals surface area (Å²) in [5.41, 5.74) is 0.545. The number of rotatable bonds is 11. The van der Waals surface area contributed by atoms with Gasteiger partial charge in [-0.05, 0) is 24.3 Å². The maximum atomic E-state index is 12.2. The summed E-state index contributed by atoms with van der Waals surface area (Å²) in [6, 6.07) is 16.9. The molecule has 2 aromatic carbocycles. The van der Waals surface area contributed by atoms with Crippen LogP contribution in [-0.2, 0) is 49.4 Å². The molecule has 0 aliphatic carbocycles. The van der Waals surface area contributed by atoms with Gasteiger partial charge in [0.2, 0.25) is 0 Å². The lowest BCUT2D eigenvalue weighted by Gasteiger charge is -2.44. The quantitative estimate of drug-likeness (QED) is 0.235. The van der Waals surface area contributed by atoms with Crippen molar-refractivity contribution >= 4 is 46.7 Å². The van der Waals surface area contributed by atoms with Crippen molar-refractivity contribution in [2.75, 3.05) is 13.2 Å². The first-order valence-electron chi connectivity index (χ1n) is 13.2. The minimum Gasteiger partial charge on any atom is -0.492 e. The molecule has 0 N–H and O–H groups in total. The largest absolute Gasteiger partial charge is 0.492 e. The van der Waals surface area contributed by atoms with Gasteiger partial charge in [0.05, 0.1) is 17.6 Å². The molecule has 1 fully saturated rings. The first-order valence-corrected chi connectivity index (χ1v) is 14.1. The van der Waals surface area contributed by atoms with Crippen LogP contribution in [0, 0.1) is 0 Å². The van der Waals surface area contributed by atoms with E-state index < -0.39 is 53.7 Å². The number of thioether (sulfide) groups is 1. The minimum absolute atomic E-state index is 0.309. The third-order valence-corrected chi connectivity index (χ3v) is 7.25. The predicted molar refractivity (Wildman–Crippen MR) is 149 cm³/mol. The summed E-state index contributed by atoms with van der Waals surface area (Å²) in [6.07, 6.45) is -4.75. The zero-order chi connectivity index (χ0) is 30.2. The number of aromatic nitrogens is 2. The molecular weight excluding hydrogens is 568 g/mol. The molecule has 0 radical (unpaired) electrons. The van der Waals surface area contributed by atoms with Crippen LogP contribution in [0.15, 0.2) is 59.8 Å². The van der Waals surface area contributed by atoms with Gasteiger partial charge < -0.3 is 33.0 Å². The molecule has 0 spiro atoms. The molecule has 0 bridgehead atoms. The van der Waals surface area contributed by atoms with E-state index in [1.165, 1.54) is 27.7 Å². The smallest absolute Gasteiger partial charge is 0.303 e. The first kappa shape index (κ1) is 30.8. The highest BCUT2D eigenvalue weighted by atomic mass is 32.2. The predicted octanol–water partition coefficient (Wildman–Crippen LogP) is 3.29. The van der Waals surface area contributed by atoms with Crippen LogP contribution in [0.2, 0.25) is 0 Å². The molecule has 4 rings (SSSR count). The second-order valence-electron chi connectivity index (χ2n) is 9.38. The number of carbonyl (C=O) groups excluding carboxylic acids is 4. The van der Waals surface area contributed by atoms with E-state index in [1.54, 1.807) is 0 Å². The Hall–Kier alpha value is -4.10. The van der Waals surface area contributed by atoms with Gasteiger partial charge in [-0.2, -0.15) is 0 Å². The number of hydrogen-bond donors (Lipinski definition) is 0. The third kappa shape index (κ3) is 8.01. The molecule has 13 heteroatoms. The lowest BCUT2D eigenvalue weighted by molar-refractivity contribution is -0.237. The summed E-state index contributed by atoms with van der Waals surface area (Å²) in [5, 5.41) is 0.508. The van der Waals surface area contributed by atoms with E-state index in [-0.39, 0.29) is 6.61 Å². The molecule has 1 aromatic heterocycles. The Balaban J connectivity index is 1.69. The molecular formula is C29H32N2O10S. The maximum absolute atomic E-state index is 12.2. The van der Waals surface area contributed by atoms with Gasteiger partial charge in [-0.1, -0.05) is 42.1 Å². The topological polar surface area (TPSA) is 141 Å². The first-order chi connectivity index (χ1) is 20.1. The Morgan fingerprint density at radius 3 is 2.10 bits per heavy atom. The van der Waals surface area contributed by atoms with Crippen LogP contribution >= 0.6 is 11.8 Å². The van der Waals surface area contributed by atoms with Crippen molar-refractivity contribution in [3.8, 4) is 5.75 Å². The van der Waals surface area contributed by atoms with Crippen LogP contribution in [0.4, 0.5) is 0 Å². The van der Waals surface area contributed by atoms with E-state index in [0.717, 1.165) is 23.0 Å². The SMILES string of the molecule is CC(=O)OCC1OC(Sc2nc3ccccc3n2CCOc2ccccc2)C(OC(C)=O)C(OC(C)=O)C1OC(C)=O. The number of imidazole rings is 1.